The molecule has 1 amide bonds. The van der Waals surface area contributed by atoms with Gasteiger partial charge in [-0.25, -0.2) is 4.99 Å². The number of nitro groups is 1. The summed E-state index contributed by atoms with van der Waals surface area (Å²) in [6, 6.07) is 6.54. The van der Waals surface area contributed by atoms with Gasteiger partial charge in [-0.1, -0.05) is 38.3 Å². The van der Waals surface area contributed by atoms with E-state index in [1.165, 1.54) is 29.9 Å². The molecule has 0 aliphatic carbocycles. The molecule has 0 fully saturated rings. The average Bonchev–Trinajstić information content (AvgIpc) is 2.64. The minimum absolute atomic E-state index is 0.0431. The van der Waals surface area contributed by atoms with Gasteiger partial charge in [0.25, 0.3) is 5.69 Å². The summed E-state index contributed by atoms with van der Waals surface area (Å²) < 4.78 is 0. The fourth-order valence-electron chi connectivity index (χ4n) is 2.37. The number of non-ortho nitro benzene ring substituents is 1. The molecule has 8 nitrogen and oxygen atoms in total. The highest BCUT2D eigenvalue weighted by molar-refractivity contribution is 5.86. The van der Waals surface area contributed by atoms with Gasteiger partial charge in [0.15, 0.2) is 5.96 Å². The third-order valence-electron chi connectivity index (χ3n) is 4.10. The number of likely N-dealkylation sites (N-methyl/N-ethyl adjacent to an activating group) is 1. The Kier molecular flexibility index (Phi) is 9.85. The third kappa shape index (κ3) is 9.03. The predicted molar refractivity (Wildman–Crippen MR) is 108 cm³/mol. The Balaban J connectivity index is 2.73. The van der Waals surface area contributed by atoms with Crippen LogP contribution in [0.2, 0.25) is 0 Å². The summed E-state index contributed by atoms with van der Waals surface area (Å²) in [5, 5.41) is 17.1. The van der Waals surface area contributed by atoms with E-state index in [0.29, 0.717) is 12.5 Å². The van der Waals surface area contributed by atoms with Gasteiger partial charge in [-0.05, 0) is 18.9 Å². The highest BCUT2D eigenvalue weighted by atomic mass is 16.6. The van der Waals surface area contributed by atoms with Gasteiger partial charge in [0.2, 0.25) is 5.91 Å². The number of carbonyl (C=O) groups is 1. The standard InChI is InChI=1S/C19H31N5O3/c1-5-6-7-8-15(2)22-19(21-14-18(25)23(3)4)20-13-16-9-11-17(12-10-16)24(26)27/h9-12,15H,5-8,13-14H2,1-4H3,(H2,20,21,22). The Labute approximate surface area is 161 Å². The van der Waals surface area contributed by atoms with Crippen LogP contribution in [0.5, 0.6) is 0 Å². The smallest absolute Gasteiger partial charge is 0.269 e. The highest BCUT2D eigenvalue weighted by Crippen LogP contribution is 2.12. The second-order valence-corrected chi connectivity index (χ2v) is 6.77. The Morgan fingerprint density at radius 1 is 1.26 bits per heavy atom. The largest absolute Gasteiger partial charge is 0.354 e. The first-order valence-electron chi connectivity index (χ1n) is 9.31. The van der Waals surface area contributed by atoms with E-state index in [1.54, 1.807) is 26.2 Å². The van der Waals surface area contributed by atoms with E-state index in [-0.39, 0.29) is 24.2 Å². The van der Waals surface area contributed by atoms with Crippen LogP contribution in [0.1, 0.15) is 45.1 Å². The van der Waals surface area contributed by atoms with Gasteiger partial charge < -0.3 is 15.5 Å². The van der Waals surface area contributed by atoms with Crippen molar-refractivity contribution in [2.24, 2.45) is 4.99 Å². The summed E-state index contributed by atoms with van der Waals surface area (Å²) in [6.45, 7) is 4.78. The molecule has 1 aromatic rings. The number of amides is 1. The molecule has 1 rings (SSSR count). The second-order valence-electron chi connectivity index (χ2n) is 6.77. The van der Waals surface area contributed by atoms with E-state index in [2.05, 4.69) is 29.5 Å². The molecule has 0 saturated carbocycles. The molecule has 0 aromatic heterocycles. The summed E-state index contributed by atoms with van der Waals surface area (Å²) in [5.74, 6) is 0.519. The maximum absolute atomic E-state index is 11.8. The maximum atomic E-state index is 11.8. The first-order chi connectivity index (χ1) is 12.8. The summed E-state index contributed by atoms with van der Waals surface area (Å²) in [6.07, 6.45) is 4.52. The zero-order valence-electron chi connectivity index (χ0n) is 16.7. The molecule has 0 aliphatic rings. The Bertz CT molecular complexity index is 629. The number of nitrogens with zero attached hydrogens (tertiary/aromatic N) is 3. The molecule has 150 valence electrons. The lowest BCUT2D eigenvalue weighted by Gasteiger charge is -2.19. The van der Waals surface area contributed by atoms with Gasteiger partial charge in [-0.3, -0.25) is 14.9 Å². The number of benzene rings is 1. The number of carbonyl (C=O) groups excluding carboxylic acids is 1. The molecule has 27 heavy (non-hydrogen) atoms. The summed E-state index contributed by atoms with van der Waals surface area (Å²) in [4.78, 5) is 28.2. The molecule has 0 saturated heterocycles. The monoisotopic (exact) mass is 377 g/mol. The lowest BCUT2D eigenvalue weighted by molar-refractivity contribution is -0.384. The van der Waals surface area contributed by atoms with Crippen molar-refractivity contribution in [3.05, 3.63) is 39.9 Å². The van der Waals surface area contributed by atoms with Gasteiger partial charge in [0.05, 0.1) is 18.0 Å². The summed E-state index contributed by atoms with van der Waals surface area (Å²) in [7, 11) is 3.41. The van der Waals surface area contributed by atoms with E-state index >= 15 is 0 Å². The van der Waals surface area contributed by atoms with Crippen LogP contribution in [0.15, 0.2) is 29.3 Å². The SMILES string of the molecule is CCCCCC(C)NC(=NCc1ccc([N+](=O)[O-])cc1)NCC(=O)N(C)C. The maximum Gasteiger partial charge on any atom is 0.269 e. The molecule has 8 heteroatoms. The zero-order chi connectivity index (χ0) is 20.2. The molecule has 2 N–H and O–H groups in total. The number of nitro benzene ring substituents is 1. The topological polar surface area (TPSA) is 99.9 Å². The van der Waals surface area contributed by atoms with Gasteiger partial charge in [0.1, 0.15) is 0 Å². The minimum atomic E-state index is -0.424. The third-order valence-corrected chi connectivity index (χ3v) is 4.10. The Hall–Kier alpha value is -2.64. The van der Waals surface area contributed by atoms with Crippen LogP contribution in [0.25, 0.3) is 0 Å². The Morgan fingerprint density at radius 3 is 2.48 bits per heavy atom. The number of hydrogen-bond acceptors (Lipinski definition) is 4. The van der Waals surface area contributed by atoms with Crippen molar-refractivity contribution in [3.63, 3.8) is 0 Å². The normalized spacial score (nSPS) is 12.4. The van der Waals surface area contributed by atoms with Crippen molar-refractivity contribution in [1.29, 1.82) is 0 Å². The molecular formula is C19H31N5O3. The number of aliphatic imine (C=N–C) groups is 1. The highest BCUT2D eigenvalue weighted by Gasteiger charge is 2.09. The van der Waals surface area contributed by atoms with Crippen LogP contribution in [-0.4, -0.2) is 48.4 Å². The van der Waals surface area contributed by atoms with Gasteiger partial charge in [-0.15, -0.1) is 0 Å². The fraction of sp³-hybridized carbons (Fsp3) is 0.579. The van der Waals surface area contributed by atoms with Gasteiger partial charge in [-0.2, -0.15) is 0 Å². The number of rotatable bonds is 10. The molecule has 0 heterocycles. The average molecular weight is 377 g/mol. The first-order valence-corrected chi connectivity index (χ1v) is 9.31. The van der Waals surface area contributed by atoms with Crippen LogP contribution < -0.4 is 10.6 Å². The fourth-order valence-corrected chi connectivity index (χ4v) is 2.37. The van der Waals surface area contributed by atoms with Crippen molar-refractivity contribution >= 4 is 17.6 Å². The van der Waals surface area contributed by atoms with Crippen LogP contribution in [0, 0.1) is 10.1 Å². The number of guanidine groups is 1. The predicted octanol–water partition coefficient (Wildman–Crippen LogP) is 2.69. The lowest BCUT2D eigenvalue weighted by atomic mass is 10.1. The second kappa shape index (κ2) is 11.9. The van der Waals surface area contributed by atoms with Crippen molar-refractivity contribution in [2.75, 3.05) is 20.6 Å². The number of nitrogens with one attached hydrogen (secondary N) is 2. The molecular weight excluding hydrogens is 346 g/mol. The molecule has 1 unspecified atom stereocenters. The van der Waals surface area contributed by atoms with E-state index in [0.717, 1.165) is 18.4 Å². The quantitative estimate of drug-likeness (QED) is 0.215. The summed E-state index contributed by atoms with van der Waals surface area (Å²) >= 11 is 0. The van der Waals surface area contributed by atoms with Crippen molar-refractivity contribution < 1.29 is 9.72 Å². The van der Waals surface area contributed by atoms with E-state index in [4.69, 9.17) is 0 Å². The van der Waals surface area contributed by atoms with Gasteiger partial charge in [0, 0.05) is 32.3 Å². The van der Waals surface area contributed by atoms with Crippen molar-refractivity contribution in [3.8, 4) is 0 Å². The van der Waals surface area contributed by atoms with E-state index in [1.807, 2.05) is 0 Å². The van der Waals surface area contributed by atoms with Crippen LogP contribution in [0.4, 0.5) is 5.69 Å². The number of hydrogen-bond donors (Lipinski definition) is 2. The Morgan fingerprint density at radius 2 is 1.93 bits per heavy atom. The van der Waals surface area contributed by atoms with Crippen LogP contribution >= 0.6 is 0 Å². The van der Waals surface area contributed by atoms with Crippen LogP contribution in [-0.2, 0) is 11.3 Å². The summed E-state index contributed by atoms with van der Waals surface area (Å²) in [5.41, 5.74) is 0.916. The molecule has 0 bridgehead atoms. The zero-order valence-corrected chi connectivity index (χ0v) is 16.7. The van der Waals surface area contributed by atoms with Crippen molar-refractivity contribution in [2.45, 2.75) is 52.1 Å². The minimum Gasteiger partial charge on any atom is -0.354 e. The molecule has 1 atom stereocenters. The van der Waals surface area contributed by atoms with E-state index in [9.17, 15) is 14.9 Å². The first kappa shape index (κ1) is 22.4. The molecule has 0 radical (unpaired) electrons. The van der Waals surface area contributed by atoms with Crippen molar-refractivity contribution in [1.82, 2.24) is 15.5 Å². The van der Waals surface area contributed by atoms with E-state index < -0.39 is 4.92 Å². The lowest BCUT2D eigenvalue weighted by Crippen LogP contribution is -2.46. The van der Waals surface area contributed by atoms with Crippen LogP contribution in [0.3, 0.4) is 0 Å². The molecule has 0 aliphatic heterocycles. The number of unbranched alkanes of at least 4 members (excludes halogenated alkanes) is 2. The molecule has 1 aromatic carbocycles. The molecule has 0 spiro atoms. The van der Waals surface area contributed by atoms with Gasteiger partial charge >= 0.3 is 0 Å².